The maximum absolute atomic E-state index is 12.7. The SMILES string of the molecule is C[C@H](NC(=O)c1ccc(-n2cnnc2)cc1)[C@@H](c1ccccc1)N(C)C. The molecule has 6 nitrogen and oxygen atoms in total. The number of nitrogens with zero attached hydrogens (tertiary/aromatic N) is 4. The molecule has 2 aromatic carbocycles. The summed E-state index contributed by atoms with van der Waals surface area (Å²) in [6.45, 7) is 2.03. The summed E-state index contributed by atoms with van der Waals surface area (Å²) < 4.78 is 1.79. The number of aromatic nitrogens is 3. The van der Waals surface area contributed by atoms with Gasteiger partial charge < -0.3 is 10.2 Å². The topological polar surface area (TPSA) is 63.1 Å². The van der Waals surface area contributed by atoms with Gasteiger partial charge in [0.1, 0.15) is 12.7 Å². The van der Waals surface area contributed by atoms with Crippen LogP contribution in [0.4, 0.5) is 0 Å². The van der Waals surface area contributed by atoms with E-state index in [1.807, 2.05) is 63.5 Å². The second-order valence-corrected chi connectivity index (χ2v) is 6.50. The molecule has 0 saturated carbocycles. The molecule has 0 saturated heterocycles. The lowest BCUT2D eigenvalue weighted by atomic mass is 9.99. The highest BCUT2D eigenvalue weighted by Gasteiger charge is 2.23. The van der Waals surface area contributed by atoms with Crippen LogP contribution in [0.25, 0.3) is 5.69 Å². The molecular weight excluding hydrogens is 326 g/mol. The Morgan fingerprint density at radius 1 is 1.00 bits per heavy atom. The maximum Gasteiger partial charge on any atom is 0.251 e. The van der Waals surface area contributed by atoms with Crippen molar-refractivity contribution in [2.75, 3.05) is 14.1 Å². The highest BCUT2D eigenvalue weighted by molar-refractivity contribution is 5.94. The first-order valence-corrected chi connectivity index (χ1v) is 8.53. The monoisotopic (exact) mass is 349 g/mol. The van der Waals surface area contributed by atoms with Gasteiger partial charge in [0.05, 0.1) is 6.04 Å². The van der Waals surface area contributed by atoms with Gasteiger partial charge in [-0.2, -0.15) is 0 Å². The molecule has 134 valence electrons. The summed E-state index contributed by atoms with van der Waals surface area (Å²) in [5.74, 6) is -0.0874. The zero-order valence-corrected chi connectivity index (χ0v) is 15.2. The fraction of sp³-hybridized carbons (Fsp3) is 0.250. The number of amides is 1. The molecule has 2 atom stereocenters. The van der Waals surface area contributed by atoms with Crippen molar-refractivity contribution in [3.05, 3.63) is 78.4 Å². The van der Waals surface area contributed by atoms with E-state index in [4.69, 9.17) is 0 Å². The third-order valence-corrected chi connectivity index (χ3v) is 4.38. The molecule has 0 aliphatic heterocycles. The number of nitrogens with one attached hydrogen (secondary N) is 1. The number of carbonyl (C=O) groups is 1. The fourth-order valence-corrected chi connectivity index (χ4v) is 3.17. The number of hydrogen-bond acceptors (Lipinski definition) is 4. The first kappa shape index (κ1) is 17.8. The van der Waals surface area contributed by atoms with Gasteiger partial charge >= 0.3 is 0 Å². The van der Waals surface area contributed by atoms with E-state index in [2.05, 4.69) is 32.5 Å². The van der Waals surface area contributed by atoms with E-state index >= 15 is 0 Å². The summed E-state index contributed by atoms with van der Waals surface area (Å²) in [5.41, 5.74) is 2.71. The molecule has 3 rings (SSSR count). The Bertz CT molecular complexity index is 828. The van der Waals surface area contributed by atoms with Gasteiger partial charge in [-0.3, -0.25) is 9.36 Å². The van der Waals surface area contributed by atoms with Crippen molar-refractivity contribution in [3.8, 4) is 5.69 Å². The Morgan fingerprint density at radius 2 is 1.62 bits per heavy atom. The summed E-state index contributed by atoms with van der Waals surface area (Å²) in [6, 6.07) is 17.6. The highest BCUT2D eigenvalue weighted by atomic mass is 16.1. The van der Waals surface area contributed by atoms with Crippen LogP contribution in [0.3, 0.4) is 0 Å². The lowest BCUT2D eigenvalue weighted by Gasteiger charge is -2.31. The standard InChI is InChI=1S/C20H23N5O/c1-15(19(24(2)3)16-7-5-4-6-8-16)23-20(26)17-9-11-18(12-10-17)25-13-21-22-14-25/h4-15,19H,1-3H3,(H,23,26)/t15-,19-/m0/s1. The number of benzene rings is 2. The molecule has 1 N–H and O–H groups in total. The first-order chi connectivity index (χ1) is 12.6. The Hall–Kier alpha value is -2.99. The normalized spacial score (nSPS) is 13.4. The fourth-order valence-electron chi connectivity index (χ4n) is 3.17. The maximum atomic E-state index is 12.7. The van der Waals surface area contributed by atoms with Crippen molar-refractivity contribution in [1.29, 1.82) is 0 Å². The molecule has 1 amide bonds. The van der Waals surface area contributed by atoms with Crippen LogP contribution in [0.2, 0.25) is 0 Å². The van der Waals surface area contributed by atoms with Crippen molar-refractivity contribution in [3.63, 3.8) is 0 Å². The number of likely N-dealkylation sites (N-methyl/N-ethyl adjacent to an activating group) is 1. The van der Waals surface area contributed by atoms with Crippen LogP contribution in [-0.4, -0.2) is 45.7 Å². The molecule has 0 spiro atoms. The first-order valence-electron chi connectivity index (χ1n) is 8.53. The molecule has 6 heteroatoms. The van der Waals surface area contributed by atoms with Crippen molar-refractivity contribution >= 4 is 5.91 Å². The van der Waals surface area contributed by atoms with Gasteiger partial charge in [-0.05, 0) is 50.8 Å². The van der Waals surface area contributed by atoms with Crippen LogP contribution in [0.15, 0.2) is 67.3 Å². The summed E-state index contributed by atoms with van der Waals surface area (Å²) in [4.78, 5) is 14.8. The second-order valence-electron chi connectivity index (χ2n) is 6.50. The van der Waals surface area contributed by atoms with E-state index in [1.54, 1.807) is 17.2 Å². The molecule has 26 heavy (non-hydrogen) atoms. The predicted octanol–water partition coefficient (Wildman–Crippen LogP) is 2.69. The summed E-state index contributed by atoms with van der Waals surface area (Å²) in [5, 5.41) is 10.7. The van der Waals surface area contributed by atoms with E-state index in [0.29, 0.717) is 5.56 Å². The van der Waals surface area contributed by atoms with Gasteiger partial charge in [-0.15, -0.1) is 10.2 Å². The van der Waals surface area contributed by atoms with Gasteiger partial charge in [0.25, 0.3) is 5.91 Å². The van der Waals surface area contributed by atoms with Crippen molar-refractivity contribution in [1.82, 2.24) is 25.0 Å². The van der Waals surface area contributed by atoms with Crippen LogP contribution in [0, 0.1) is 0 Å². The summed E-state index contributed by atoms with van der Waals surface area (Å²) in [6.07, 6.45) is 3.25. The largest absolute Gasteiger partial charge is 0.348 e. The van der Waals surface area contributed by atoms with E-state index in [9.17, 15) is 4.79 Å². The van der Waals surface area contributed by atoms with Crippen LogP contribution in [0.5, 0.6) is 0 Å². The molecule has 3 aromatic rings. The lowest BCUT2D eigenvalue weighted by molar-refractivity contribution is 0.0915. The van der Waals surface area contributed by atoms with Crippen LogP contribution in [-0.2, 0) is 0 Å². The third kappa shape index (κ3) is 3.97. The average Bonchev–Trinajstić information content (AvgIpc) is 3.17. The lowest BCUT2D eigenvalue weighted by Crippen LogP contribution is -2.42. The molecule has 0 fully saturated rings. The summed E-state index contributed by atoms with van der Waals surface area (Å²) >= 11 is 0. The smallest absolute Gasteiger partial charge is 0.251 e. The minimum absolute atomic E-state index is 0.0441. The van der Waals surface area contributed by atoms with Gasteiger partial charge in [-0.25, -0.2) is 0 Å². The van der Waals surface area contributed by atoms with E-state index in [-0.39, 0.29) is 18.0 Å². The van der Waals surface area contributed by atoms with Crippen molar-refractivity contribution < 1.29 is 4.79 Å². The second kappa shape index (κ2) is 7.93. The number of carbonyl (C=O) groups excluding carboxylic acids is 1. The van der Waals surface area contributed by atoms with Gasteiger partial charge in [0.2, 0.25) is 0 Å². The third-order valence-electron chi connectivity index (χ3n) is 4.38. The quantitative estimate of drug-likeness (QED) is 0.743. The number of hydrogen-bond donors (Lipinski definition) is 1. The Kier molecular flexibility index (Phi) is 5.43. The molecule has 1 heterocycles. The summed E-state index contributed by atoms with van der Waals surface area (Å²) in [7, 11) is 4.04. The molecule has 1 aromatic heterocycles. The molecular formula is C20H23N5O. The van der Waals surface area contributed by atoms with Gasteiger partial charge in [0.15, 0.2) is 0 Å². The minimum atomic E-state index is -0.0874. The Balaban J connectivity index is 1.72. The van der Waals surface area contributed by atoms with Crippen LogP contribution in [0.1, 0.15) is 28.9 Å². The Morgan fingerprint density at radius 3 is 2.19 bits per heavy atom. The van der Waals surface area contributed by atoms with E-state index in [1.165, 1.54) is 5.56 Å². The van der Waals surface area contributed by atoms with Crippen molar-refractivity contribution in [2.24, 2.45) is 0 Å². The van der Waals surface area contributed by atoms with E-state index < -0.39 is 0 Å². The number of rotatable bonds is 6. The zero-order valence-electron chi connectivity index (χ0n) is 15.2. The van der Waals surface area contributed by atoms with E-state index in [0.717, 1.165) is 5.69 Å². The predicted molar refractivity (Wildman–Crippen MR) is 101 cm³/mol. The molecule has 0 bridgehead atoms. The van der Waals surface area contributed by atoms with Crippen LogP contribution < -0.4 is 5.32 Å². The minimum Gasteiger partial charge on any atom is -0.348 e. The molecule has 0 unspecified atom stereocenters. The average molecular weight is 349 g/mol. The van der Waals surface area contributed by atoms with Crippen LogP contribution >= 0.6 is 0 Å². The molecule has 0 radical (unpaired) electrons. The molecule has 0 aliphatic carbocycles. The van der Waals surface area contributed by atoms with Crippen molar-refractivity contribution in [2.45, 2.75) is 19.0 Å². The molecule has 0 aliphatic rings. The van der Waals surface area contributed by atoms with Gasteiger partial charge in [-0.1, -0.05) is 30.3 Å². The van der Waals surface area contributed by atoms with Gasteiger partial charge in [0, 0.05) is 17.3 Å². The highest BCUT2D eigenvalue weighted by Crippen LogP contribution is 2.22. The zero-order chi connectivity index (χ0) is 18.5. The Labute approximate surface area is 153 Å².